The van der Waals surface area contributed by atoms with E-state index in [-0.39, 0.29) is 11.2 Å². The van der Waals surface area contributed by atoms with Crippen molar-refractivity contribution >= 4 is 0 Å². The van der Waals surface area contributed by atoms with Gasteiger partial charge in [-0.05, 0) is 31.0 Å². The van der Waals surface area contributed by atoms with Gasteiger partial charge in [0.25, 0.3) is 0 Å². The molecule has 2 rings (SSSR count). The second-order valence-electron chi connectivity index (χ2n) is 5.70. The zero-order valence-electron chi connectivity index (χ0n) is 11.6. The van der Waals surface area contributed by atoms with Crippen molar-refractivity contribution in [2.45, 2.75) is 38.6 Å². The molecule has 1 N–H and O–H groups in total. The molecule has 0 aromatic heterocycles. The van der Waals surface area contributed by atoms with Gasteiger partial charge in [0, 0.05) is 17.0 Å². The summed E-state index contributed by atoms with van der Waals surface area (Å²) in [4.78, 5) is 0. The van der Waals surface area contributed by atoms with E-state index in [1.54, 1.807) is 13.2 Å². The molecule has 1 aromatic rings. The first-order valence-corrected chi connectivity index (χ1v) is 6.55. The smallest absolute Gasteiger partial charge is 0.130 e. The fourth-order valence-corrected chi connectivity index (χ4v) is 2.66. The molecular weight excluding hydrogens is 229 g/mol. The monoisotopic (exact) mass is 251 g/mol. The molecule has 0 aliphatic heterocycles. The maximum atomic E-state index is 14.0. The zero-order valence-corrected chi connectivity index (χ0v) is 11.6. The molecule has 0 heterocycles. The first kappa shape index (κ1) is 13.3. The van der Waals surface area contributed by atoms with Crippen molar-refractivity contribution in [1.29, 1.82) is 0 Å². The maximum absolute atomic E-state index is 14.0. The lowest BCUT2D eigenvalue weighted by atomic mass is 9.93. The average Bonchev–Trinajstić information content (AvgIpc) is 2.98. The number of halogens is 1. The van der Waals surface area contributed by atoms with Gasteiger partial charge in [0.15, 0.2) is 0 Å². The Labute approximate surface area is 109 Å². The van der Waals surface area contributed by atoms with Crippen LogP contribution in [0.1, 0.15) is 32.8 Å². The highest BCUT2D eigenvalue weighted by atomic mass is 19.1. The third-order valence-corrected chi connectivity index (χ3v) is 3.95. The molecule has 3 heteroatoms. The van der Waals surface area contributed by atoms with Crippen LogP contribution in [-0.2, 0) is 5.41 Å². The van der Waals surface area contributed by atoms with Crippen molar-refractivity contribution in [3.63, 3.8) is 0 Å². The van der Waals surface area contributed by atoms with Crippen LogP contribution in [0.5, 0.6) is 5.75 Å². The highest BCUT2D eigenvalue weighted by Crippen LogP contribution is 2.56. The molecule has 0 saturated heterocycles. The van der Waals surface area contributed by atoms with E-state index in [1.807, 2.05) is 6.07 Å². The van der Waals surface area contributed by atoms with Gasteiger partial charge in [-0.15, -0.1) is 0 Å². The minimum Gasteiger partial charge on any atom is -0.496 e. The standard InChI is InChI=1S/C15H22FNO/c1-10(2)17-9-11-8-15(11,3)14-12(16)6-5-7-13(14)18-4/h5-7,10-11,17H,8-9H2,1-4H3. The largest absolute Gasteiger partial charge is 0.496 e. The Balaban J connectivity index is 2.18. The fourth-order valence-electron chi connectivity index (χ4n) is 2.66. The number of rotatable bonds is 5. The van der Waals surface area contributed by atoms with Gasteiger partial charge in [-0.1, -0.05) is 26.8 Å². The Morgan fingerprint density at radius 2 is 2.22 bits per heavy atom. The summed E-state index contributed by atoms with van der Waals surface area (Å²) in [5.41, 5.74) is 0.654. The molecule has 0 spiro atoms. The third kappa shape index (κ3) is 2.37. The average molecular weight is 251 g/mol. The Kier molecular flexibility index (Phi) is 3.62. The normalized spacial score (nSPS) is 26.4. The Morgan fingerprint density at radius 3 is 2.83 bits per heavy atom. The summed E-state index contributed by atoms with van der Waals surface area (Å²) < 4.78 is 19.4. The summed E-state index contributed by atoms with van der Waals surface area (Å²) in [5.74, 6) is 1.01. The molecule has 1 fully saturated rings. The molecule has 1 aromatic carbocycles. The SMILES string of the molecule is COc1cccc(F)c1C1(C)CC1CNC(C)C. The van der Waals surface area contributed by atoms with E-state index in [2.05, 4.69) is 26.1 Å². The number of hydrogen-bond acceptors (Lipinski definition) is 2. The van der Waals surface area contributed by atoms with Gasteiger partial charge < -0.3 is 10.1 Å². The summed E-state index contributed by atoms with van der Waals surface area (Å²) >= 11 is 0. The van der Waals surface area contributed by atoms with E-state index in [1.165, 1.54) is 6.07 Å². The van der Waals surface area contributed by atoms with E-state index in [0.29, 0.717) is 17.7 Å². The first-order chi connectivity index (χ1) is 8.49. The van der Waals surface area contributed by atoms with E-state index in [9.17, 15) is 4.39 Å². The highest BCUT2D eigenvalue weighted by molar-refractivity contribution is 5.45. The minimum absolute atomic E-state index is 0.0847. The van der Waals surface area contributed by atoms with Crippen molar-refractivity contribution in [2.24, 2.45) is 5.92 Å². The lowest BCUT2D eigenvalue weighted by Gasteiger charge is -2.17. The lowest BCUT2D eigenvalue weighted by Crippen LogP contribution is -2.27. The second-order valence-corrected chi connectivity index (χ2v) is 5.70. The van der Waals surface area contributed by atoms with Crippen LogP contribution in [0.15, 0.2) is 18.2 Å². The Hall–Kier alpha value is -1.09. The molecule has 1 saturated carbocycles. The molecule has 2 unspecified atom stereocenters. The van der Waals surface area contributed by atoms with Gasteiger partial charge in [0.1, 0.15) is 11.6 Å². The molecule has 1 aliphatic carbocycles. The van der Waals surface area contributed by atoms with Crippen LogP contribution in [-0.4, -0.2) is 19.7 Å². The minimum atomic E-state index is -0.149. The second kappa shape index (κ2) is 4.88. The number of nitrogens with one attached hydrogen (secondary N) is 1. The summed E-state index contributed by atoms with van der Waals surface area (Å²) in [5, 5.41) is 3.43. The molecule has 1 aliphatic rings. The van der Waals surface area contributed by atoms with Crippen LogP contribution < -0.4 is 10.1 Å². The van der Waals surface area contributed by atoms with Crippen LogP contribution in [0.4, 0.5) is 4.39 Å². The van der Waals surface area contributed by atoms with E-state index < -0.39 is 0 Å². The van der Waals surface area contributed by atoms with Crippen LogP contribution >= 0.6 is 0 Å². The van der Waals surface area contributed by atoms with Gasteiger partial charge >= 0.3 is 0 Å². The first-order valence-electron chi connectivity index (χ1n) is 6.55. The topological polar surface area (TPSA) is 21.3 Å². The predicted molar refractivity (Wildman–Crippen MR) is 71.5 cm³/mol. The molecule has 0 bridgehead atoms. The zero-order chi connectivity index (χ0) is 13.3. The summed E-state index contributed by atoms with van der Waals surface area (Å²) in [6, 6.07) is 5.53. The van der Waals surface area contributed by atoms with Gasteiger partial charge in [0.2, 0.25) is 0 Å². The summed E-state index contributed by atoms with van der Waals surface area (Å²) in [7, 11) is 1.60. The van der Waals surface area contributed by atoms with Gasteiger partial charge in [-0.3, -0.25) is 0 Å². The van der Waals surface area contributed by atoms with Gasteiger partial charge in [-0.25, -0.2) is 4.39 Å². The number of benzene rings is 1. The third-order valence-electron chi connectivity index (χ3n) is 3.95. The van der Waals surface area contributed by atoms with Crippen LogP contribution in [0.3, 0.4) is 0 Å². The van der Waals surface area contributed by atoms with Crippen molar-refractivity contribution in [3.05, 3.63) is 29.6 Å². The molecule has 0 amide bonds. The van der Waals surface area contributed by atoms with Crippen LogP contribution in [0, 0.1) is 11.7 Å². The van der Waals surface area contributed by atoms with Crippen LogP contribution in [0.25, 0.3) is 0 Å². The molecule has 0 radical (unpaired) electrons. The van der Waals surface area contributed by atoms with Gasteiger partial charge in [0.05, 0.1) is 7.11 Å². The Morgan fingerprint density at radius 1 is 1.50 bits per heavy atom. The highest BCUT2D eigenvalue weighted by Gasteiger charge is 2.53. The molecule has 18 heavy (non-hydrogen) atoms. The van der Waals surface area contributed by atoms with E-state index in [4.69, 9.17) is 4.74 Å². The van der Waals surface area contributed by atoms with Crippen LogP contribution in [0.2, 0.25) is 0 Å². The Bertz CT molecular complexity index is 433. The molecular formula is C15H22FNO. The van der Waals surface area contributed by atoms with Crippen molar-refractivity contribution < 1.29 is 9.13 Å². The molecule has 100 valence electrons. The summed E-state index contributed by atoms with van der Waals surface area (Å²) in [6.45, 7) is 7.32. The van der Waals surface area contributed by atoms with E-state index in [0.717, 1.165) is 18.5 Å². The predicted octanol–water partition coefficient (Wildman–Crippen LogP) is 3.11. The fraction of sp³-hybridized carbons (Fsp3) is 0.600. The molecule has 2 atom stereocenters. The lowest BCUT2D eigenvalue weighted by molar-refractivity contribution is 0.394. The number of methoxy groups -OCH3 is 1. The maximum Gasteiger partial charge on any atom is 0.130 e. The van der Waals surface area contributed by atoms with Crippen molar-refractivity contribution in [1.82, 2.24) is 5.32 Å². The van der Waals surface area contributed by atoms with E-state index >= 15 is 0 Å². The quantitative estimate of drug-likeness (QED) is 0.868. The van der Waals surface area contributed by atoms with Crippen molar-refractivity contribution in [3.8, 4) is 5.75 Å². The molecule has 2 nitrogen and oxygen atoms in total. The van der Waals surface area contributed by atoms with Crippen molar-refractivity contribution in [2.75, 3.05) is 13.7 Å². The number of ether oxygens (including phenoxy) is 1. The summed E-state index contributed by atoms with van der Waals surface area (Å²) in [6.07, 6.45) is 1.02. The van der Waals surface area contributed by atoms with Gasteiger partial charge in [-0.2, -0.15) is 0 Å². The number of hydrogen-bond donors (Lipinski definition) is 1.